The highest BCUT2D eigenvalue weighted by Gasteiger charge is 2.10. The van der Waals surface area contributed by atoms with Gasteiger partial charge in [-0.3, -0.25) is 0 Å². The molecule has 0 aromatic heterocycles. The van der Waals surface area contributed by atoms with E-state index in [1.807, 2.05) is 0 Å². The predicted molar refractivity (Wildman–Crippen MR) is 88.8 cm³/mol. The van der Waals surface area contributed by atoms with E-state index in [0.29, 0.717) is 0 Å². The molecule has 2 N–H and O–H groups in total. The van der Waals surface area contributed by atoms with Crippen LogP contribution in [0.5, 0.6) is 0 Å². The van der Waals surface area contributed by atoms with Crippen molar-refractivity contribution in [1.29, 1.82) is 0 Å². The van der Waals surface area contributed by atoms with Gasteiger partial charge in [0, 0.05) is 9.61 Å². The van der Waals surface area contributed by atoms with E-state index in [9.17, 15) is 0 Å². The first-order chi connectivity index (χ1) is 8.66. The molecular formula is C16H26IN. The molecule has 0 aliphatic rings. The molecule has 0 bridgehead atoms. The van der Waals surface area contributed by atoms with Crippen LogP contribution >= 0.6 is 22.6 Å². The van der Waals surface area contributed by atoms with Crippen molar-refractivity contribution in [2.45, 2.75) is 64.8 Å². The molecule has 0 spiro atoms. The van der Waals surface area contributed by atoms with Crippen LogP contribution in [0.1, 0.15) is 69.0 Å². The summed E-state index contributed by atoms with van der Waals surface area (Å²) in [6, 6.07) is 6.66. The zero-order valence-electron chi connectivity index (χ0n) is 11.7. The zero-order valence-corrected chi connectivity index (χ0v) is 13.9. The van der Waals surface area contributed by atoms with E-state index < -0.39 is 0 Å². The fourth-order valence-electron chi connectivity index (χ4n) is 2.26. The van der Waals surface area contributed by atoms with Crippen LogP contribution in [0.2, 0.25) is 0 Å². The van der Waals surface area contributed by atoms with E-state index in [1.165, 1.54) is 53.2 Å². The molecule has 0 amide bonds. The summed E-state index contributed by atoms with van der Waals surface area (Å²) in [6.07, 6.45) is 9.15. The summed E-state index contributed by atoms with van der Waals surface area (Å²) in [6.45, 7) is 4.42. The van der Waals surface area contributed by atoms with Gasteiger partial charge >= 0.3 is 0 Å². The van der Waals surface area contributed by atoms with Gasteiger partial charge in [0.05, 0.1) is 0 Å². The highest BCUT2D eigenvalue weighted by atomic mass is 127. The molecule has 1 unspecified atom stereocenters. The number of unbranched alkanes of at least 4 members (excludes halogenated alkanes) is 5. The smallest absolute Gasteiger partial charge is 0.0305 e. The Labute approximate surface area is 126 Å². The number of hydrogen-bond acceptors (Lipinski definition) is 1. The minimum absolute atomic E-state index is 0.211. The Hall–Kier alpha value is -0.0900. The van der Waals surface area contributed by atoms with Crippen LogP contribution in [0.15, 0.2) is 18.2 Å². The molecule has 1 nitrogen and oxygen atoms in total. The van der Waals surface area contributed by atoms with Gasteiger partial charge in [-0.15, -0.1) is 0 Å². The third-order valence-electron chi connectivity index (χ3n) is 3.49. The summed E-state index contributed by atoms with van der Waals surface area (Å²) in [4.78, 5) is 0. The second-order valence-corrected chi connectivity index (χ2v) is 6.22. The molecule has 0 fully saturated rings. The largest absolute Gasteiger partial charge is 0.324 e. The average molecular weight is 359 g/mol. The Balaban J connectivity index is 2.32. The lowest BCUT2D eigenvalue weighted by atomic mass is 9.99. The number of benzene rings is 1. The summed E-state index contributed by atoms with van der Waals surface area (Å²) in [5.41, 5.74) is 8.96. The second kappa shape index (κ2) is 8.92. The van der Waals surface area contributed by atoms with Gasteiger partial charge < -0.3 is 5.73 Å². The van der Waals surface area contributed by atoms with Crippen LogP contribution < -0.4 is 5.73 Å². The summed E-state index contributed by atoms with van der Waals surface area (Å²) in [7, 11) is 0. The van der Waals surface area contributed by atoms with Gasteiger partial charge in [0.2, 0.25) is 0 Å². The molecular weight excluding hydrogens is 333 g/mol. The molecule has 1 rings (SSSR count). The van der Waals surface area contributed by atoms with Crippen molar-refractivity contribution in [2.24, 2.45) is 5.73 Å². The van der Waals surface area contributed by atoms with E-state index in [-0.39, 0.29) is 6.04 Å². The first-order valence-corrected chi connectivity index (χ1v) is 8.25. The maximum atomic E-state index is 6.30. The lowest BCUT2D eigenvalue weighted by molar-refractivity contribution is 0.546. The molecule has 0 saturated heterocycles. The van der Waals surface area contributed by atoms with Crippen molar-refractivity contribution in [3.8, 4) is 0 Å². The van der Waals surface area contributed by atoms with Gasteiger partial charge in [-0.25, -0.2) is 0 Å². The molecule has 0 saturated carbocycles. The second-order valence-electron chi connectivity index (χ2n) is 5.14. The average Bonchev–Trinajstić information content (AvgIpc) is 2.36. The molecule has 0 aliphatic carbocycles. The van der Waals surface area contributed by atoms with Crippen LogP contribution in [0.25, 0.3) is 0 Å². The molecule has 102 valence electrons. The Bertz CT molecular complexity index is 349. The van der Waals surface area contributed by atoms with Crippen LogP contribution in [0.4, 0.5) is 0 Å². The maximum Gasteiger partial charge on any atom is 0.0305 e. The van der Waals surface area contributed by atoms with E-state index in [1.54, 1.807) is 0 Å². The minimum Gasteiger partial charge on any atom is -0.324 e. The monoisotopic (exact) mass is 359 g/mol. The van der Waals surface area contributed by atoms with Gasteiger partial charge in [-0.1, -0.05) is 63.6 Å². The van der Waals surface area contributed by atoms with E-state index in [0.717, 1.165) is 6.42 Å². The van der Waals surface area contributed by atoms with Crippen molar-refractivity contribution >= 4 is 22.6 Å². The number of aryl methyl sites for hydroxylation is 1. The van der Waals surface area contributed by atoms with E-state index in [2.05, 4.69) is 54.6 Å². The lowest BCUT2D eigenvalue weighted by Crippen LogP contribution is -2.12. The van der Waals surface area contributed by atoms with Gasteiger partial charge in [-0.05, 0) is 47.1 Å². The van der Waals surface area contributed by atoms with Crippen molar-refractivity contribution in [3.05, 3.63) is 32.9 Å². The van der Waals surface area contributed by atoms with Crippen LogP contribution in [0, 0.1) is 10.5 Å². The summed E-state index contributed by atoms with van der Waals surface area (Å²) in [5, 5.41) is 0. The Morgan fingerprint density at radius 3 is 2.50 bits per heavy atom. The number of halogens is 1. The third kappa shape index (κ3) is 5.27. The Morgan fingerprint density at radius 1 is 1.11 bits per heavy atom. The highest BCUT2D eigenvalue weighted by Crippen LogP contribution is 2.25. The fraction of sp³-hybridized carbons (Fsp3) is 0.625. The summed E-state index contributed by atoms with van der Waals surface area (Å²) < 4.78 is 1.34. The number of hydrogen-bond donors (Lipinski definition) is 1. The van der Waals surface area contributed by atoms with Crippen LogP contribution in [-0.2, 0) is 0 Å². The normalized spacial score (nSPS) is 12.7. The minimum atomic E-state index is 0.211. The molecule has 0 heterocycles. The molecule has 2 heteroatoms. The van der Waals surface area contributed by atoms with Gasteiger partial charge in [0.25, 0.3) is 0 Å². The number of nitrogens with two attached hydrogens (primary N) is 1. The zero-order chi connectivity index (χ0) is 13.4. The Morgan fingerprint density at radius 2 is 1.78 bits per heavy atom. The topological polar surface area (TPSA) is 26.0 Å². The Kier molecular flexibility index (Phi) is 7.91. The van der Waals surface area contributed by atoms with Gasteiger partial charge in [0.15, 0.2) is 0 Å². The van der Waals surface area contributed by atoms with Gasteiger partial charge in [0.1, 0.15) is 0 Å². The molecule has 18 heavy (non-hydrogen) atoms. The first kappa shape index (κ1) is 16.0. The molecule has 1 aromatic rings. The van der Waals surface area contributed by atoms with Crippen LogP contribution in [-0.4, -0.2) is 0 Å². The van der Waals surface area contributed by atoms with Crippen molar-refractivity contribution in [1.82, 2.24) is 0 Å². The number of rotatable bonds is 8. The predicted octanol–water partition coefficient (Wildman–Crippen LogP) is 5.35. The summed E-state index contributed by atoms with van der Waals surface area (Å²) >= 11 is 2.42. The summed E-state index contributed by atoms with van der Waals surface area (Å²) in [5.74, 6) is 0. The molecule has 0 aliphatic heterocycles. The molecule has 1 aromatic carbocycles. The van der Waals surface area contributed by atoms with Gasteiger partial charge in [-0.2, -0.15) is 0 Å². The highest BCUT2D eigenvalue weighted by molar-refractivity contribution is 14.1. The molecule has 0 radical (unpaired) electrons. The van der Waals surface area contributed by atoms with Crippen molar-refractivity contribution < 1.29 is 0 Å². The quantitative estimate of drug-likeness (QED) is 0.491. The van der Waals surface area contributed by atoms with Crippen molar-refractivity contribution in [3.63, 3.8) is 0 Å². The maximum absolute atomic E-state index is 6.30. The van der Waals surface area contributed by atoms with Crippen LogP contribution in [0.3, 0.4) is 0 Å². The fourth-order valence-corrected chi connectivity index (χ4v) is 3.02. The SMILES string of the molecule is CCCCCCCCC(N)c1cccc(C)c1I. The standard InChI is InChI=1S/C16H26IN/c1-3-4-5-6-7-8-12-15(18)14-11-9-10-13(2)16(14)17/h9-11,15H,3-8,12,18H2,1-2H3. The van der Waals surface area contributed by atoms with E-state index >= 15 is 0 Å². The van der Waals surface area contributed by atoms with Crippen molar-refractivity contribution in [2.75, 3.05) is 0 Å². The first-order valence-electron chi connectivity index (χ1n) is 7.17. The van der Waals surface area contributed by atoms with E-state index in [4.69, 9.17) is 5.73 Å². The molecule has 1 atom stereocenters. The lowest BCUT2D eigenvalue weighted by Gasteiger charge is -2.15. The third-order valence-corrected chi connectivity index (χ3v) is 4.96.